The summed E-state index contributed by atoms with van der Waals surface area (Å²) in [6.07, 6.45) is 4.40. The number of anilines is 1. The molecular formula is C18H25N3O2. The third-order valence-corrected chi connectivity index (χ3v) is 4.58. The number of urea groups is 1. The first-order valence-corrected chi connectivity index (χ1v) is 8.50. The van der Waals surface area contributed by atoms with E-state index in [-0.39, 0.29) is 11.9 Å². The second-order valence-electron chi connectivity index (χ2n) is 6.90. The molecule has 0 radical (unpaired) electrons. The molecule has 1 aliphatic carbocycles. The van der Waals surface area contributed by atoms with Gasteiger partial charge in [-0.1, -0.05) is 6.92 Å². The van der Waals surface area contributed by atoms with E-state index in [4.69, 9.17) is 0 Å². The zero-order valence-corrected chi connectivity index (χ0v) is 13.9. The maximum Gasteiger partial charge on any atom is 0.319 e. The van der Waals surface area contributed by atoms with Gasteiger partial charge in [0.2, 0.25) is 0 Å². The molecule has 3 rings (SSSR count). The van der Waals surface area contributed by atoms with Crippen molar-refractivity contribution in [3.8, 4) is 0 Å². The lowest BCUT2D eigenvalue weighted by Crippen LogP contribution is -2.39. The van der Waals surface area contributed by atoms with E-state index in [9.17, 15) is 9.59 Å². The van der Waals surface area contributed by atoms with Gasteiger partial charge in [0.05, 0.1) is 0 Å². The molecule has 2 fully saturated rings. The van der Waals surface area contributed by atoms with Crippen LogP contribution in [0.2, 0.25) is 0 Å². The lowest BCUT2D eigenvalue weighted by atomic mass is 9.99. The number of nitrogens with one attached hydrogen (secondary N) is 2. The normalized spacial score (nSPS) is 21.0. The van der Waals surface area contributed by atoms with Gasteiger partial charge >= 0.3 is 6.03 Å². The second kappa shape index (κ2) is 6.60. The number of carbonyl (C=O) groups is 2. The maximum absolute atomic E-state index is 12.6. The van der Waals surface area contributed by atoms with E-state index in [1.807, 2.05) is 24.0 Å². The summed E-state index contributed by atoms with van der Waals surface area (Å²) in [5.74, 6) is 0.662. The first kappa shape index (κ1) is 15.8. The second-order valence-corrected chi connectivity index (χ2v) is 6.90. The first-order chi connectivity index (χ1) is 11.0. The fourth-order valence-electron chi connectivity index (χ4n) is 3.06. The molecule has 1 atom stereocenters. The molecule has 3 amide bonds. The summed E-state index contributed by atoms with van der Waals surface area (Å²) in [6.45, 7) is 5.78. The monoisotopic (exact) mass is 315 g/mol. The van der Waals surface area contributed by atoms with Crippen molar-refractivity contribution in [2.24, 2.45) is 5.92 Å². The zero-order valence-electron chi connectivity index (χ0n) is 13.9. The predicted octanol–water partition coefficient (Wildman–Crippen LogP) is 3.15. The van der Waals surface area contributed by atoms with E-state index >= 15 is 0 Å². The highest BCUT2D eigenvalue weighted by Gasteiger charge is 2.24. The number of rotatable bonds is 3. The molecule has 0 spiro atoms. The lowest BCUT2D eigenvalue weighted by molar-refractivity contribution is 0.0683. The van der Waals surface area contributed by atoms with Crippen LogP contribution in [-0.4, -0.2) is 36.0 Å². The molecule has 0 unspecified atom stereocenters. The first-order valence-electron chi connectivity index (χ1n) is 8.50. The van der Waals surface area contributed by atoms with Crippen molar-refractivity contribution >= 4 is 17.6 Å². The Labute approximate surface area is 137 Å². The molecule has 1 saturated carbocycles. The Morgan fingerprint density at radius 1 is 1.22 bits per heavy atom. The summed E-state index contributed by atoms with van der Waals surface area (Å²) in [5, 5.41) is 5.76. The van der Waals surface area contributed by atoms with Gasteiger partial charge in [0.25, 0.3) is 5.91 Å². The molecule has 1 aromatic carbocycles. The lowest BCUT2D eigenvalue weighted by Gasteiger charge is -2.31. The minimum atomic E-state index is -0.167. The van der Waals surface area contributed by atoms with E-state index in [0.29, 0.717) is 17.5 Å². The van der Waals surface area contributed by atoms with Gasteiger partial charge in [0, 0.05) is 30.4 Å². The number of amides is 3. The summed E-state index contributed by atoms with van der Waals surface area (Å²) in [5.41, 5.74) is 2.36. The smallest absolute Gasteiger partial charge is 0.319 e. The minimum absolute atomic E-state index is 0.0913. The van der Waals surface area contributed by atoms with Crippen LogP contribution >= 0.6 is 0 Å². The van der Waals surface area contributed by atoms with E-state index in [0.717, 1.165) is 43.6 Å². The van der Waals surface area contributed by atoms with E-state index in [1.165, 1.54) is 6.42 Å². The number of piperidine rings is 1. The number of hydrogen-bond donors (Lipinski definition) is 2. The Balaban J connectivity index is 1.65. The fraction of sp³-hybridized carbons (Fsp3) is 0.556. The Kier molecular flexibility index (Phi) is 4.55. The number of carbonyl (C=O) groups excluding carboxylic acids is 2. The Bertz CT molecular complexity index is 610. The number of aryl methyl sites for hydroxylation is 1. The molecule has 2 N–H and O–H groups in total. The third-order valence-electron chi connectivity index (χ3n) is 4.58. The van der Waals surface area contributed by atoms with Gasteiger partial charge in [-0.2, -0.15) is 0 Å². The minimum Gasteiger partial charge on any atom is -0.338 e. The average Bonchev–Trinajstić information content (AvgIpc) is 3.32. The van der Waals surface area contributed by atoms with Crippen LogP contribution in [-0.2, 0) is 0 Å². The van der Waals surface area contributed by atoms with E-state index < -0.39 is 0 Å². The molecule has 0 bridgehead atoms. The molecular weight excluding hydrogens is 290 g/mol. The molecule has 5 nitrogen and oxygen atoms in total. The summed E-state index contributed by atoms with van der Waals surface area (Å²) in [4.78, 5) is 26.4. The van der Waals surface area contributed by atoms with Crippen LogP contribution in [0.4, 0.5) is 10.5 Å². The summed E-state index contributed by atoms with van der Waals surface area (Å²) < 4.78 is 0. The highest BCUT2D eigenvalue weighted by molar-refractivity contribution is 5.96. The van der Waals surface area contributed by atoms with Crippen molar-refractivity contribution in [3.05, 3.63) is 29.3 Å². The predicted molar refractivity (Wildman–Crippen MR) is 90.7 cm³/mol. The van der Waals surface area contributed by atoms with Crippen LogP contribution in [0.15, 0.2) is 18.2 Å². The quantitative estimate of drug-likeness (QED) is 0.900. The molecule has 0 aromatic heterocycles. The molecule has 5 heteroatoms. The van der Waals surface area contributed by atoms with Crippen LogP contribution in [0.5, 0.6) is 0 Å². The van der Waals surface area contributed by atoms with Gasteiger partial charge in [0.15, 0.2) is 0 Å². The summed E-state index contributed by atoms with van der Waals surface area (Å²) in [7, 11) is 0. The van der Waals surface area contributed by atoms with Crippen molar-refractivity contribution in [2.45, 2.75) is 45.6 Å². The van der Waals surface area contributed by atoms with Crippen molar-refractivity contribution in [1.82, 2.24) is 10.2 Å². The summed E-state index contributed by atoms with van der Waals surface area (Å²) >= 11 is 0. The van der Waals surface area contributed by atoms with Gasteiger partial charge in [-0.3, -0.25) is 4.79 Å². The van der Waals surface area contributed by atoms with Crippen LogP contribution in [0.1, 0.15) is 48.5 Å². The molecule has 1 aliphatic heterocycles. The van der Waals surface area contributed by atoms with Gasteiger partial charge in [-0.15, -0.1) is 0 Å². The van der Waals surface area contributed by atoms with Gasteiger partial charge in [-0.05, 0) is 62.3 Å². The summed E-state index contributed by atoms with van der Waals surface area (Å²) in [6, 6.07) is 5.66. The fourth-order valence-corrected chi connectivity index (χ4v) is 3.06. The molecule has 1 saturated heterocycles. The highest BCUT2D eigenvalue weighted by atomic mass is 16.2. The van der Waals surface area contributed by atoms with Crippen LogP contribution in [0.25, 0.3) is 0 Å². The average molecular weight is 315 g/mol. The molecule has 1 aromatic rings. The maximum atomic E-state index is 12.6. The number of benzene rings is 1. The molecule has 2 aliphatic rings. The van der Waals surface area contributed by atoms with Gasteiger partial charge < -0.3 is 15.5 Å². The van der Waals surface area contributed by atoms with Crippen molar-refractivity contribution < 1.29 is 9.59 Å². The van der Waals surface area contributed by atoms with Crippen LogP contribution < -0.4 is 10.6 Å². The van der Waals surface area contributed by atoms with Gasteiger partial charge in [0.1, 0.15) is 0 Å². The van der Waals surface area contributed by atoms with E-state index in [1.54, 1.807) is 6.07 Å². The highest BCUT2D eigenvalue weighted by Crippen LogP contribution is 2.22. The number of nitrogens with zero attached hydrogens (tertiary/aromatic N) is 1. The zero-order chi connectivity index (χ0) is 16.4. The van der Waals surface area contributed by atoms with Gasteiger partial charge in [-0.25, -0.2) is 4.79 Å². The molecule has 23 heavy (non-hydrogen) atoms. The van der Waals surface area contributed by atoms with Crippen LogP contribution in [0.3, 0.4) is 0 Å². The Morgan fingerprint density at radius 3 is 2.65 bits per heavy atom. The number of likely N-dealkylation sites (tertiary alicyclic amines) is 1. The van der Waals surface area contributed by atoms with Crippen molar-refractivity contribution in [2.75, 3.05) is 18.4 Å². The van der Waals surface area contributed by atoms with Crippen molar-refractivity contribution in [1.29, 1.82) is 0 Å². The standard InChI is InChI=1S/C18H25N3O2/c1-12-4-3-9-21(11-12)17(22)14-5-8-16(13(2)10-14)20-18(23)19-15-6-7-15/h5,8,10,12,15H,3-4,6-7,9,11H2,1-2H3,(H2,19,20,23)/t12-/m0/s1. The third kappa shape index (κ3) is 4.03. The number of hydrogen-bond acceptors (Lipinski definition) is 2. The molecule has 1 heterocycles. The topological polar surface area (TPSA) is 61.4 Å². The Morgan fingerprint density at radius 2 is 2.00 bits per heavy atom. The molecule has 124 valence electrons. The van der Waals surface area contributed by atoms with Crippen LogP contribution in [0, 0.1) is 12.8 Å². The Hall–Kier alpha value is -2.04. The SMILES string of the molecule is Cc1cc(C(=O)N2CCC[C@H](C)C2)ccc1NC(=O)NC1CC1. The van der Waals surface area contributed by atoms with Crippen molar-refractivity contribution in [3.63, 3.8) is 0 Å². The van der Waals surface area contributed by atoms with E-state index in [2.05, 4.69) is 17.6 Å². The largest absolute Gasteiger partial charge is 0.338 e.